The Morgan fingerprint density at radius 3 is 2.78 bits per heavy atom. The Labute approximate surface area is 112 Å². The van der Waals surface area contributed by atoms with Gasteiger partial charge >= 0.3 is 0 Å². The maximum atomic E-state index is 3.38. The predicted octanol–water partition coefficient (Wildman–Crippen LogP) is 3.81. The molecular weight excluding hydrogens is 218 g/mol. The largest absolute Gasteiger partial charge is 0.319 e. The molecular formula is C17H27N. The van der Waals surface area contributed by atoms with Crippen molar-refractivity contribution in [1.82, 2.24) is 5.32 Å². The van der Waals surface area contributed by atoms with Crippen molar-refractivity contribution < 1.29 is 0 Å². The smallest absolute Gasteiger partial charge is 0.00208 e. The highest BCUT2D eigenvalue weighted by Crippen LogP contribution is 2.35. The summed E-state index contributed by atoms with van der Waals surface area (Å²) in [5, 5.41) is 3.38. The number of hydrogen-bond acceptors (Lipinski definition) is 1. The lowest BCUT2D eigenvalue weighted by Crippen LogP contribution is -2.32. The standard InChI is InChI=1S/C17H27N/c1-13-5-4-6-15(9-13)11-17-10-14(2)7-8-16(17)12-18-3/h4-6,9,14,16-18H,7-8,10-12H2,1-3H3. The van der Waals surface area contributed by atoms with Crippen molar-refractivity contribution in [2.24, 2.45) is 17.8 Å². The molecule has 0 amide bonds. The van der Waals surface area contributed by atoms with Gasteiger partial charge in [-0.15, -0.1) is 0 Å². The molecule has 1 nitrogen and oxygen atoms in total. The molecule has 18 heavy (non-hydrogen) atoms. The molecule has 0 bridgehead atoms. The van der Waals surface area contributed by atoms with Crippen molar-refractivity contribution in [2.75, 3.05) is 13.6 Å². The van der Waals surface area contributed by atoms with Gasteiger partial charge < -0.3 is 5.32 Å². The third kappa shape index (κ3) is 3.58. The van der Waals surface area contributed by atoms with E-state index in [1.165, 1.54) is 43.4 Å². The summed E-state index contributed by atoms with van der Waals surface area (Å²) in [6, 6.07) is 9.04. The van der Waals surface area contributed by atoms with E-state index in [-0.39, 0.29) is 0 Å². The van der Waals surface area contributed by atoms with Crippen LogP contribution in [0.5, 0.6) is 0 Å². The van der Waals surface area contributed by atoms with Crippen molar-refractivity contribution in [2.45, 2.75) is 39.5 Å². The average molecular weight is 245 g/mol. The highest BCUT2D eigenvalue weighted by molar-refractivity contribution is 5.22. The van der Waals surface area contributed by atoms with Crippen LogP contribution in [-0.2, 0) is 6.42 Å². The first-order chi connectivity index (χ1) is 8.69. The molecule has 1 heteroatoms. The molecule has 100 valence electrons. The molecule has 1 aliphatic rings. The summed E-state index contributed by atoms with van der Waals surface area (Å²) in [4.78, 5) is 0. The first-order valence-electron chi connectivity index (χ1n) is 7.39. The molecule has 0 radical (unpaired) electrons. The van der Waals surface area contributed by atoms with E-state index in [2.05, 4.69) is 50.5 Å². The van der Waals surface area contributed by atoms with Crippen molar-refractivity contribution in [3.05, 3.63) is 35.4 Å². The van der Waals surface area contributed by atoms with Crippen LogP contribution in [0.15, 0.2) is 24.3 Å². The Hall–Kier alpha value is -0.820. The Kier molecular flexibility index (Phi) is 4.82. The lowest BCUT2D eigenvalue weighted by Gasteiger charge is -2.35. The second kappa shape index (κ2) is 6.38. The van der Waals surface area contributed by atoms with Gasteiger partial charge in [0.25, 0.3) is 0 Å². The van der Waals surface area contributed by atoms with Gasteiger partial charge in [-0.2, -0.15) is 0 Å². The first kappa shape index (κ1) is 13.6. The third-order valence-electron chi connectivity index (χ3n) is 4.45. The van der Waals surface area contributed by atoms with E-state index in [0.717, 1.165) is 17.8 Å². The molecule has 0 heterocycles. The summed E-state index contributed by atoms with van der Waals surface area (Å²) in [6.07, 6.45) is 5.48. The van der Waals surface area contributed by atoms with Gasteiger partial charge in [0.2, 0.25) is 0 Å². The van der Waals surface area contributed by atoms with E-state index < -0.39 is 0 Å². The van der Waals surface area contributed by atoms with Gasteiger partial charge in [0.15, 0.2) is 0 Å². The van der Waals surface area contributed by atoms with Crippen LogP contribution in [0.3, 0.4) is 0 Å². The molecule has 0 aromatic heterocycles. The molecule has 1 aromatic carbocycles. The molecule has 0 spiro atoms. The van der Waals surface area contributed by atoms with Gasteiger partial charge in [-0.05, 0) is 63.1 Å². The van der Waals surface area contributed by atoms with Crippen molar-refractivity contribution in [3.63, 3.8) is 0 Å². The van der Waals surface area contributed by atoms with Crippen LogP contribution < -0.4 is 5.32 Å². The third-order valence-corrected chi connectivity index (χ3v) is 4.45. The van der Waals surface area contributed by atoms with Gasteiger partial charge in [0.1, 0.15) is 0 Å². The Bertz CT molecular complexity index is 372. The van der Waals surface area contributed by atoms with E-state index in [1.54, 1.807) is 0 Å². The average Bonchev–Trinajstić information content (AvgIpc) is 2.33. The normalized spacial score (nSPS) is 28.3. The topological polar surface area (TPSA) is 12.0 Å². The summed E-state index contributed by atoms with van der Waals surface area (Å²) in [5.74, 6) is 2.64. The Morgan fingerprint density at radius 1 is 1.22 bits per heavy atom. The number of benzene rings is 1. The minimum atomic E-state index is 0.864. The zero-order valence-corrected chi connectivity index (χ0v) is 12.1. The maximum Gasteiger partial charge on any atom is -0.00208 e. The number of aryl methyl sites for hydroxylation is 1. The fourth-order valence-corrected chi connectivity index (χ4v) is 3.48. The molecule has 1 saturated carbocycles. The Morgan fingerprint density at radius 2 is 2.06 bits per heavy atom. The van der Waals surface area contributed by atoms with Gasteiger partial charge in [-0.25, -0.2) is 0 Å². The van der Waals surface area contributed by atoms with E-state index in [0.29, 0.717) is 0 Å². The van der Waals surface area contributed by atoms with E-state index in [9.17, 15) is 0 Å². The fourth-order valence-electron chi connectivity index (χ4n) is 3.48. The monoisotopic (exact) mass is 245 g/mol. The van der Waals surface area contributed by atoms with E-state index in [1.807, 2.05) is 0 Å². The molecule has 1 N–H and O–H groups in total. The molecule has 3 unspecified atom stereocenters. The highest BCUT2D eigenvalue weighted by Gasteiger charge is 2.28. The molecule has 1 fully saturated rings. The molecule has 2 rings (SSSR count). The molecule has 0 aliphatic heterocycles. The summed E-state index contributed by atoms with van der Waals surface area (Å²) < 4.78 is 0. The lowest BCUT2D eigenvalue weighted by atomic mass is 9.72. The summed E-state index contributed by atoms with van der Waals surface area (Å²) >= 11 is 0. The second-order valence-corrected chi connectivity index (χ2v) is 6.19. The minimum absolute atomic E-state index is 0.864. The summed E-state index contributed by atoms with van der Waals surface area (Å²) in [5.41, 5.74) is 2.91. The van der Waals surface area contributed by atoms with Crippen molar-refractivity contribution >= 4 is 0 Å². The lowest BCUT2D eigenvalue weighted by molar-refractivity contribution is 0.186. The van der Waals surface area contributed by atoms with Crippen molar-refractivity contribution in [1.29, 1.82) is 0 Å². The second-order valence-electron chi connectivity index (χ2n) is 6.19. The quantitative estimate of drug-likeness (QED) is 0.850. The fraction of sp³-hybridized carbons (Fsp3) is 0.647. The zero-order valence-electron chi connectivity index (χ0n) is 12.1. The van der Waals surface area contributed by atoms with Crippen LogP contribution in [0.2, 0.25) is 0 Å². The number of nitrogens with one attached hydrogen (secondary N) is 1. The molecule has 0 saturated heterocycles. The molecule has 3 atom stereocenters. The SMILES string of the molecule is CNCC1CCC(C)CC1Cc1cccc(C)c1. The highest BCUT2D eigenvalue weighted by atomic mass is 14.8. The van der Waals surface area contributed by atoms with Gasteiger partial charge in [0, 0.05) is 0 Å². The van der Waals surface area contributed by atoms with E-state index >= 15 is 0 Å². The van der Waals surface area contributed by atoms with E-state index in [4.69, 9.17) is 0 Å². The van der Waals surface area contributed by atoms with Crippen LogP contribution in [0.1, 0.15) is 37.3 Å². The molecule has 1 aromatic rings. The Balaban J connectivity index is 2.03. The van der Waals surface area contributed by atoms with Gasteiger partial charge in [-0.3, -0.25) is 0 Å². The summed E-state index contributed by atoms with van der Waals surface area (Å²) in [7, 11) is 2.09. The van der Waals surface area contributed by atoms with Crippen LogP contribution in [0.4, 0.5) is 0 Å². The van der Waals surface area contributed by atoms with Gasteiger partial charge in [0.05, 0.1) is 0 Å². The van der Waals surface area contributed by atoms with Gasteiger partial charge in [-0.1, -0.05) is 43.2 Å². The van der Waals surface area contributed by atoms with Crippen LogP contribution in [0, 0.1) is 24.7 Å². The first-order valence-corrected chi connectivity index (χ1v) is 7.39. The molecule has 1 aliphatic carbocycles. The van der Waals surface area contributed by atoms with Crippen LogP contribution in [0.25, 0.3) is 0 Å². The minimum Gasteiger partial charge on any atom is -0.319 e. The zero-order chi connectivity index (χ0) is 13.0. The summed E-state index contributed by atoms with van der Waals surface area (Å²) in [6.45, 7) is 5.79. The van der Waals surface area contributed by atoms with Crippen LogP contribution >= 0.6 is 0 Å². The van der Waals surface area contributed by atoms with Crippen LogP contribution in [-0.4, -0.2) is 13.6 Å². The number of rotatable bonds is 4. The van der Waals surface area contributed by atoms with Crippen molar-refractivity contribution in [3.8, 4) is 0 Å². The number of hydrogen-bond donors (Lipinski definition) is 1. The maximum absolute atomic E-state index is 3.38. The predicted molar refractivity (Wildman–Crippen MR) is 78.8 cm³/mol.